The van der Waals surface area contributed by atoms with Crippen LogP contribution < -0.4 is 8.92 Å². The summed E-state index contributed by atoms with van der Waals surface area (Å²) in [4.78, 5) is 4.47. The Labute approximate surface area is 183 Å². The van der Waals surface area contributed by atoms with Crippen molar-refractivity contribution in [2.45, 2.75) is 11.8 Å². The topological polar surface area (TPSA) is 65.0 Å². The van der Waals surface area contributed by atoms with Gasteiger partial charge in [-0.15, -0.1) is 0 Å². The van der Waals surface area contributed by atoms with E-state index in [9.17, 15) is 8.42 Å². The van der Waals surface area contributed by atoms with E-state index < -0.39 is 10.1 Å². The highest BCUT2D eigenvalue weighted by molar-refractivity contribution is 9.10. The van der Waals surface area contributed by atoms with Gasteiger partial charge in [0, 0.05) is 11.2 Å². The van der Waals surface area contributed by atoms with E-state index in [1.165, 1.54) is 31.4 Å². The van der Waals surface area contributed by atoms with Crippen molar-refractivity contribution < 1.29 is 17.3 Å². The lowest BCUT2D eigenvalue weighted by Crippen LogP contribution is -2.11. The standard InChI is InChI=1S/C21H17BrClNO4S/c1-14-5-3-4-6-19(14)24-13-15-11-18(22)21(20(12-15)27-2)28-29(25,26)17-9-7-16(23)8-10-17/h3-13H,1-2H3. The van der Waals surface area contributed by atoms with Gasteiger partial charge in [-0.3, -0.25) is 4.99 Å². The number of hydrogen-bond donors (Lipinski definition) is 0. The van der Waals surface area contributed by atoms with Gasteiger partial charge in [0.15, 0.2) is 11.5 Å². The molecular weight excluding hydrogens is 478 g/mol. The van der Waals surface area contributed by atoms with Crippen molar-refractivity contribution in [1.82, 2.24) is 0 Å². The summed E-state index contributed by atoms with van der Waals surface area (Å²) in [6, 6.07) is 16.8. The molecule has 150 valence electrons. The summed E-state index contributed by atoms with van der Waals surface area (Å²) in [6.07, 6.45) is 1.67. The Bertz CT molecular complexity index is 1160. The molecule has 8 heteroatoms. The number of halogens is 2. The molecule has 0 unspecified atom stereocenters. The average Bonchev–Trinajstić information content (AvgIpc) is 2.69. The minimum atomic E-state index is -4.06. The van der Waals surface area contributed by atoms with Crippen LogP contribution in [-0.2, 0) is 10.1 Å². The third-order valence-corrected chi connectivity index (χ3v) is 6.09. The zero-order valence-electron chi connectivity index (χ0n) is 15.6. The zero-order valence-corrected chi connectivity index (χ0v) is 18.8. The maximum Gasteiger partial charge on any atom is 0.339 e. The number of nitrogens with zero attached hydrogens (tertiary/aromatic N) is 1. The van der Waals surface area contributed by atoms with Gasteiger partial charge in [0.1, 0.15) is 4.90 Å². The molecule has 0 saturated carbocycles. The SMILES string of the molecule is COc1cc(C=Nc2ccccc2C)cc(Br)c1OS(=O)(=O)c1ccc(Cl)cc1. The molecule has 0 aliphatic rings. The summed E-state index contributed by atoms with van der Waals surface area (Å²) >= 11 is 9.18. The van der Waals surface area contributed by atoms with E-state index in [-0.39, 0.29) is 16.4 Å². The predicted octanol–water partition coefficient (Wildman–Crippen LogP) is 5.94. The third-order valence-electron chi connectivity index (χ3n) is 4.02. The first kappa shape index (κ1) is 21.4. The number of rotatable bonds is 6. The van der Waals surface area contributed by atoms with Gasteiger partial charge < -0.3 is 8.92 Å². The van der Waals surface area contributed by atoms with Crippen LogP contribution in [0.3, 0.4) is 0 Å². The number of ether oxygens (including phenoxy) is 1. The molecule has 5 nitrogen and oxygen atoms in total. The summed E-state index contributed by atoms with van der Waals surface area (Å²) in [7, 11) is -2.62. The van der Waals surface area contributed by atoms with Crippen LogP contribution in [0.15, 0.2) is 75.0 Å². The number of methoxy groups -OCH3 is 1. The minimum Gasteiger partial charge on any atom is -0.493 e. The highest BCUT2D eigenvalue weighted by atomic mass is 79.9. The van der Waals surface area contributed by atoms with Gasteiger partial charge in [0.2, 0.25) is 0 Å². The Morgan fingerprint density at radius 2 is 1.76 bits per heavy atom. The van der Waals surface area contributed by atoms with Gasteiger partial charge in [-0.2, -0.15) is 8.42 Å². The second-order valence-electron chi connectivity index (χ2n) is 6.07. The Morgan fingerprint density at radius 1 is 1.07 bits per heavy atom. The molecule has 0 fully saturated rings. The molecule has 0 spiro atoms. The normalized spacial score (nSPS) is 11.6. The van der Waals surface area contributed by atoms with Crippen molar-refractivity contribution in [3.8, 4) is 11.5 Å². The molecule has 0 heterocycles. The largest absolute Gasteiger partial charge is 0.493 e. The molecule has 0 aromatic heterocycles. The fourth-order valence-electron chi connectivity index (χ4n) is 2.51. The highest BCUT2D eigenvalue weighted by Gasteiger charge is 2.22. The Hall–Kier alpha value is -2.35. The lowest BCUT2D eigenvalue weighted by molar-refractivity contribution is 0.389. The molecule has 0 aliphatic carbocycles. The fraction of sp³-hybridized carbons (Fsp3) is 0.0952. The molecular formula is C21H17BrClNO4S. The summed E-state index contributed by atoms with van der Waals surface area (Å²) < 4.78 is 36.3. The van der Waals surface area contributed by atoms with Gasteiger partial charge in [-0.25, -0.2) is 0 Å². The summed E-state index contributed by atoms with van der Waals surface area (Å²) in [5.74, 6) is 0.304. The molecule has 0 amide bonds. The summed E-state index contributed by atoms with van der Waals surface area (Å²) in [6.45, 7) is 1.97. The zero-order chi connectivity index (χ0) is 21.0. The van der Waals surface area contributed by atoms with Gasteiger partial charge in [0.05, 0.1) is 17.3 Å². The van der Waals surface area contributed by atoms with Crippen LogP contribution in [0.25, 0.3) is 0 Å². The Kier molecular flexibility index (Phi) is 6.62. The van der Waals surface area contributed by atoms with Crippen molar-refractivity contribution in [3.05, 3.63) is 81.3 Å². The van der Waals surface area contributed by atoms with E-state index in [4.69, 9.17) is 20.5 Å². The monoisotopic (exact) mass is 493 g/mol. The number of hydrogen-bond acceptors (Lipinski definition) is 5. The highest BCUT2D eigenvalue weighted by Crippen LogP contribution is 2.38. The summed E-state index contributed by atoms with van der Waals surface area (Å²) in [5, 5.41) is 0.431. The predicted molar refractivity (Wildman–Crippen MR) is 118 cm³/mol. The Morgan fingerprint density at radius 3 is 2.41 bits per heavy atom. The number of aliphatic imine (C=N–C) groups is 1. The maximum atomic E-state index is 12.6. The van der Waals surface area contributed by atoms with Crippen molar-refractivity contribution in [2.75, 3.05) is 7.11 Å². The van der Waals surface area contributed by atoms with Gasteiger partial charge in [-0.05, 0) is 76.4 Å². The van der Waals surface area contributed by atoms with Gasteiger partial charge >= 0.3 is 10.1 Å². The van der Waals surface area contributed by atoms with Crippen molar-refractivity contribution in [1.29, 1.82) is 0 Å². The van der Waals surface area contributed by atoms with E-state index in [0.29, 0.717) is 15.1 Å². The molecule has 3 aromatic carbocycles. The van der Waals surface area contributed by atoms with Gasteiger partial charge in [0.25, 0.3) is 0 Å². The first-order valence-corrected chi connectivity index (χ1v) is 11.1. The first-order valence-electron chi connectivity index (χ1n) is 8.47. The van der Waals surface area contributed by atoms with Crippen molar-refractivity contribution >= 4 is 49.6 Å². The molecule has 0 aliphatic heterocycles. The minimum absolute atomic E-state index is 0.0129. The first-order chi connectivity index (χ1) is 13.8. The van der Waals surface area contributed by atoms with E-state index in [2.05, 4.69) is 20.9 Å². The maximum absolute atomic E-state index is 12.6. The molecule has 0 N–H and O–H groups in total. The van der Waals surface area contributed by atoms with Crippen LogP contribution in [0.1, 0.15) is 11.1 Å². The van der Waals surface area contributed by atoms with Crippen LogP contribution in [-0.4, -0.2) is 21.7 Å². The van der Waals surface area contributed by atoms with E-state index in [1.807, 2.05) is 31.2 Å². The van der Waals surface area contributed by atoms with Crippen LogP contribution in [0.5, 0.6) is 11.5 Å². The van der Waals surface area contributed by atoms with E-state index >= 15 is 0 Å². The van der Waals surface area contributed by atoms with Crippen LogP contribution >= 0.6 is 27.5 Å². The lowest BCUT2D eigenvalue weighted by Gasteiger charge is -2.13. The van der Waals surface area contributed by atoms with E-state index in [1.54, 1.807) is 18.3 Å². The molecule has 3 aromatic rings. The van der Waals surface area contributed by atoms with Gasteiger partial charge in [-0.1, -0.05) is 29.8 Å². The number of benzene rings is 3. The molecule has 0 saturated heterocycles. The summed E-state index contributed by atoms with van der Waals surface area (Å²) in [5.41, 5.74) is 2.60. The molecule has 29 heavy (non-hydrogen) atoms. The second kappa shape index (κ2) is 8.98. The molecule has 0 bridgehead atoms. The van der Waals surface area contributed by atoms with Crippen molar-refractivity contribution in [2.24, 2.45) is 4.99 Å². The van der Waals surface area contributed by atoms with E-state index in [0.717, 1.165) is 11.3 Å². The lowest BCUT2D eigenvalue weighted by atomic mass is 10.2. The molecule has 3 rings (SSSR count). The quantitative estimate of drug-likeness (QED) is 0.314. The third kappa shape index (κ3) is 5.18. The van der Waals surface area contributed by atoms with Crippen LogP contribution in [0, 0.1) is 6.92 Å². The molecule has 0 atom stereocenters. The molecule has 0 radical (unpaired) electrons. The Balaban J connectivity index is 1.93. The van der Waals surface area contributed by atoms with Crippen molar-refractivity contribution in [3.63, 3.8) is 0 Å². The second-order valence-corrected chi connectivity index (χ2v) is 8.91. The van der Waals surface area contributed by atoms with Crippen LogP contribution in [0.4, 0.5) is 5.69 Å². The number of para-hydroxylation sites is 1. The van der Waals surface area contributed by atoms with Crippen LogP contribution in [0.2, 0.25) is 5.02 Å². The average molecular weight is 495 g/mol. The smallest absolute Gasteiger partial charge is 0.339 e. The fourth-order valence-corrected chi connectivity index (χ4v) is 4.24. The number of aryl methyl sites for hydroxylation is 1.